The van der Waals surface area contributed by atoms with Crippen molar-refractivity contribution in [3.05, 3.63) is 70.2 Å². The quantitative estimate of drug-likeness (QED) is 0.916. The molecule has 4 heteroatoms. The molecule has 2 aromatic carbocycles. The zero-order valence-electron chi connectivity index (χ0n) is 12.0. The number of hydrogen-bond acceptors (Lipinski definition) is 2. The summed E-state index contributed by atoms with van der Waals surface area (Å²) in [5, 5.41) is 10.4. The Bertz CT molecular complexity index is 615. The maximum atomic E-state index is 12.5. The molecule has 0 fully saturated rings. The number of carbonyl (C=O) groups is 1. The zero-order valence-corrected chi connectivity index (χ0v) is 13.6. The van der Waals surface area contributed by atoms with Crippen LogP contribution in [0.5, 0.6) is 0 Å². The molecular weight excluding hydrogens is 330 g/mol. The summed E-state index contributed by atoms with van der Waals surface area (Å²) in [4.78, 5) is 14.1. The number of aliphatic hydroxyl groups is 1. The van der Waals surface area contributed by atoms with E-state index in [1.54, 1.807) is 18.0 Å². The van der Waals surface area contributed by atoms with Gasteiger partial charge >= 0.3 is 0 Å². The van der Waals surface area contributed by atoms with Crippen molar-refractivity contribution in [1.82, 2.24) is 4.90 Å². The Morgan fingerprint density at radius 2 is 1.67 bits per heavy atom. The van der Waals surface area contributed by atoms with Gasteiger partial charge in [0.2, 0.25) is 0 Å². The molecule has 2 aromatic rings. The summed E-state index contributed by atoms with van der Waals surface area (Å²) in [7, 11) is 1.71. The molecule has 1 N–H and O–H groups in total. The monoisotopic (exact) mass is 347 g/mol. The number of nitrogens with zero attached hydrogens (tertiary/aromatic N) is 1. The van der Waals surface area contributed by atoms with E-state index in [2.05, 4.69) is 15.9 Å². The van der Waals surface area contributed by atoms with Crippen molar-refractivity contribution in [3.8, 4) is 0 Å². The molecule has 0 spiro atoms. The summed E-state index contributed by atoms with van der Waals surface area (Å²) < 4.78 is 0.753. The summed E-state index contributed by atoms with van der Waals surface area (Å²) in [6.45, 7) is 1.84. The highest BCUT2D eigenvalue weighted by Crippen LogP contribution is 2.23. The van der Waals surface area contributed by atoms with Crippen molar-refractivity contribution in [2.75, 3.05) is 7.05 Å². The molecule has 0 bridgehead atoms. The second kappa shape index (κ2) is 6.87. The lowest BCUT2D eigenvalue weighted by molar-refractivity contribution is 0.0486. The Balaban J connectivity index is 2.18. The van der Waals surface area contributed by atoms with Gasteiger partial charge in [0.15, 0.2) is 0 Å². The third-order valence-electron chi connectivity index (χ3n) is 3.63. The SMILES string of the molecule is CC(C(O)c1ccccc1)N(C)C(=O)c1ccccc1Br. The van der Waals surface area contributed by atoms with Crippen LogP contribution in [-0.4, -0.2) is 29.0 Å². The topological polar surface area (TPSA) is 40.5 Å². The first-order valence-electron chi connectivity index (χ1n) is 6.77. The lowest BCUT2D eigenvalue weighted by Gasteiger charge is -2.29. The lowest BCUT2D eigenvalue weighted by Crippen LogP contribution is -2.39. The summed E-state index contributed by atoms with van der Waals surface area (Å²) in [6, 6.07) is 16.3. The maximum absolute atomic E-state index is 12.5. The Kier molecular flexibility index (Phi) is 5.15. The van der Waals surface area contributed by atoms with Crippen molar-refractivity contribution in [1.29, 1.82) is 0 Å². The second-order valence-corrected chi connectivity index (χ2v) is 5.85. The highest BCUT2D eigenvalue weighted by Gasteiger charge is 2.25. The molecule has 0 saturated heterocycles. The summed E-state index contributed by atoms with van der Waals surface area (Å²) in [5.74, 6) is -0.120. The molecule has 3 nitrogen and oxygen atoms in total. The van der Waals surface area contributed by atoms with Crippen molar-refractivity contribution in [2.45, 2.75) is 19.1 Å². The van der Waals surface area contributed by atoms with E-state index in [0.717, 1.165) is 10.0 Å². The molecular formula is C17H18BrNO2. The van der Waals surface area contributed by atoms with E-state index < -0.39 is 6.10 Å². The van der Waals surface area contributed by atoms with Crippen LogP contribution < -0.4 is 0 Å². The van der Waals surface area contributed by atoms with Crippen LogP contribution in [0, 0.1) is 0 Å². The van der Waals surface area contributed by atoms with Gasteiger partial charge in [-0.15, -0.1) is 0 Å². The van der Waals surface area contributed by atoms with Crippen molar-refractivity contribution in [3.63, 3.8) is 0 Å². The predicted octanol–water partition coefficient (Wildman–Crippen LogP) is 3.64. The fraction of sp³-hybridized carbons (Fsp3) is 0.235. The number of halogens is 1. The van der Waals surface area contributed by atoms with Gasteiger partial charge in [-0.1, -0.05) is 42.5 Å². The minimum Gasteiger partial charge on any atom is -0.386 e. The van der Waals surface area contributed by atoms with Crippen LogP contribution in [0.25, 0.3) is 0 Å². The van der Waals surface area contributed by atoms with Gasteiger partial charge in [0.1, 0.15) is 0 Å². The average Bonchev–Trinajstić information content (AvgIpc) is 2.53. The van der Waals surface area contributed by atoms with E-state index in [0.29, 0.717) is 5.56 Å². The van der Waals surface area contributed by atoms with Gasteiger partial charge in [0, 0.05) is 11.5 Å². The van der Waals surface area contributed by atoms with Gasteiger partial charge < -0.3 is 10.0 Å². The molecule has 110 valence electrons. The van der Waals surface area contributed by atoms with Crippen LogP contribution in [0.4, 0.5) is 0 Å². The normalized spacial score (nSPS) is 13.5. The number of rotatable bonds is 4. The third-order valence-corrected chi connectivity index (χ3v) is 4.33. The van der Waals surface area contributed by atoms with Crippen LogP contribution in [0.2, 0.25) is 0 Å². The zero-order chi connectivity index (χ0) is 15.4. The van der Waals surface area contributed by atoms with E-state index in [-0.39, 0.29) is 11.9 Å². The molecule has 2 atom stereocenters. The molecule has 0 aliphatic rings. The third kappa shape index (κ3) is 3.52. The van der Waals surface area contributed by atoms with E-state index in [9.17, 15) is 9.90 Å². The van der Waals surface area contributed by atoms with E-state index >= 15 is 0 Å². The van der Waals surface area contributed by atoms with Gasteiger partial charge in [-0.05, 0) is 40.5 Å². The first-order valence-corrected chi connectivity index (χ1v) is 7.56. The van der Waals surface area contributed by atoms with Crippen LogP contribution in [-0.2, 0) is 0 Å². The molecule has 1 amide bonds. The minimum atomic E-state index is -0.720. The molecule has 0 saturated carbocycles. The standard InChI is InChI=1S/C17H18BrNO2/c1-12(16(20)13-8-4-3-5-9-13)19(2)17(21)14-10-6-7-11-15(14)18/h3-12,16,20H,1-2H3. The van der Waals surface area contributed by atoms with Gasteiger partial charge in [-0.2, -0.15) is 0 Å². The van der Waals surface area contributed by atoms with Gasteiger partial charge in [0.25, 0.3) is 5.91 Å². The molecule has 0 aliphatic heterocycles. The smallest absolute Gasteiger partial charge is 0.255 e. The molecule has 0 aromatic heterocycles. The fourth-order valence-electron chi connectivity index (χ4n) is 2.15. The molecule has 0 radical (unpaired) electrons. The number of likely N-dealkylation sites (N-methyl/N-ethyl adjacent to an activating group) is 1. The summed E-state index contributed by atoms with van der Waals surface area (Å²) in [6.07, 6.45) is -0.720. The number of aliphatic hydroxyl groups excluding tert-OH is 1. The largest absolute Gasteiger partial charge is 0.386 e. The Labute approximate surface area is 133 Å². The van der Waals surface area contributed by atoms with Crippen LogP contribution in [0.3, 0.4) is 0 Å². The number of carbonyl (C=O) groups excluding carboxylic acids is 1. The van der Waals surface area contributed by atoms with Crippen LogP contribution in [0.15, 0.2) is 59.1 Å². The van der Waals surface area contributed by atoms with Crippen molar-refractivity contribution in [2.24, 2.45) is 0 Å². The van der Waals surface area contributed by atoms with Crippen molar-refractivity contribution >= 4 is 21.8 Å². The van der Waals surface area contributed by atoms with Gasteiger partial charge in [-0.3, -0.25) is 4.79 Å². The predicted molar refractivity (Wildman–Crippen MR) is 87.1 cm³/mol. The second-order valence-electron chi connectivity index (χ2n) is 4.99. The molecule has 0 aliphatic carbocycles. The molecule has 2 unspecified atom stereocenters. The Morgan fingerprint density at radius 1 is 1.10 bits per heavy atom. The highest BCUT2D eigenvalue weighted by atomic mass is 79.9. The highest BCUT2D eigenvalue weighted by molar-refractivity contribution is 9.10. The van der Waals surface area contributed by atoms with E-state index in [1.165, 1.54) is 0 Å². The van der Waals surface area contributed by atoms with E-state index in [1.807, 2.05) is 55.5 Å². The van der Waals surface area contributed by atoms with Crippen molar-refractivity contribution < 1.29 is 9.90 Å². The summed E-state index contributed by atoms with van der Waals surface area (Å²) >= 11 is 3.39. The Morgan fingerprint density at radius 3 is 2.29 bits per heavy atom. The lowest BCUT2D eigenvalue weighted by atomic mass is 10.0. The average molecular weight is 348 g/mol. The molecule has 0 heterocycles. The first kappa shape index (κ1) is 15.7. The van der Waals surface area contributed by atoms with Crippen LogP contribution >= 0.6 is 15.9 Å². The molecule has 2 rings (SSSR count). The Hall–Kier alpha value is -1.65. The fourth-order valence-corrected chi connectivity index (χ4v) is 2.60. The first-order chi connectivity index (χ1) is 10.0. The number of benzene rings is 2. The van der Waals surface area contributed by atoms with Gasteiger partial charge in [-0.25, -0.2) is 0 Å². The molecule has 21 heavy (non-hydrogen) atoms. The number of hydrogen-bond donors (Lipinski definition) is 1. The minimum absolute atomic E-state index is 0.120. The maximum Gasteiger partial charge on any atom is 0.255 e. The van der Waals surface area contributed by atoms with Gasteiger partial charge in [0.05, 0.1) is 17.7 Å². The summed E-state index contributed by atoms with van der Waals surface area (Å²) in [5.41, 5.74) is 1.39. The van der Waals surface area contributed by atoms with Crippen LogP contribution in [0.1, 0.15) is 28.9 Å². The number of amides is 1. The van der Waals surface area contributed by atoms with E-state index in [4.69, 9.17) is 0 Å².